The van der Waals surface area contributed by atoms with Crippen LogP contribution in [0.4, 0.5) is 5.69 Å². The summed E-state index contributed by atoms with van der Waals surface area (Å²) in [7, 11) is 0. The van der Waals surface area contributed by atoms with Gasteiger partial charge in [0, 0.05) is 30.3 Å². The van der Waals surface area contributed by atoms with Gasteiger partial charge < -0.3 is 15.2 Å². The van der Waals surface area contributed by atoms with E-state index in [-0.39, 0.29) is 0 Å². The highest BCUT2D eigenvalue weighted by atomic mass is 32.1. The average Bonchev–Trinajstić information content (AvgIpc) is 2.92. The maximum atomic E-state index is 5.53. The van der Waals surface area contributed by atoms with Gasteiger partial charge in [0.2, 0.25) is 0 Å². The molecule has 0 amide bonds. The zero-order valence-electron chi connectivity index (χ0n) is 16.1. The van der Waals surface area contributed by atoms with Crippen molar-refractivity contribution >= 4 is 23.0 Å². The molecule has 0 radical (unpaired) electrons. The summed E-state index contributed by atoms with van der Waals surface area (Å²) < 4.78 is 2.28. The minimum absolute atomic E-state index is 0.490. The number of nitrogens with one attached hydrogen (secondary N) is 2. The SMILES string of the molecule is C[C@@H]1CCCC[C@H]1NC(=S)Nc1ccc(-c2nnc3n2CCCCC3)cc1. The molecule has 1 aliphatic heterocycles. The second kappa shape index (κ2) is 8.38. The minimum Gasteiger partial charge on any atom is -0.359 e. The number of benzene rings is 1. The van der Waals surface area contributed by atoms with Gasteiger partial charge in [0.05, 0.1) is 0 Å². The standard InChI is InChI=1S/C21H29N5S/c1-15-7-4-5-8-18(15)23-21(27)22-17-12-10-16(11-13-17)20-25-24-19-9-3-2-6-14-26(19)20/h10-13,15,18H,2-9,14H2,1H3,(H2,22,23,27)/t15-,18-/m1/s1. The molecule has 1 aromatic heterocycles. The van der Waals surface area contributed by atoms with E-state index in [9.17, 15) is 0 Å². The number of nitrogens with zero attached hydrogens (tertiary/aromatic N) is 3. The molecule has 144 valence electrons. The first-order valence-electron chi connectivity index (χ1n) is 10.3. The van der Waals surface area contributed by atoms with E-state index in [4.69, 9.17) is 12.2 Å². The topological polar surface area (TPSA) is 54.8 Å². The van der Waals surface area contributed by atoms with Gasteiger partial charge in [0.25, 0.3) is 0 Å². The number of thiocarbonyl (C=S) groups is 1. The molecule has 0 spiro atoms. The Morgan fingerprint density at radius 3 is 2.67 bits per heavy atom. The summed E-state index contributed by atoms with van der Waals surface area (Å²) in [6.07, 6.45) is 9.86. The monoisotopic (exact) mass is 383 g/mol. The van der Waals surface area contributed by atoms with Gasteiger partial charge in [-0.1, -0.05) is 26.2 Å². The highest BCUT2D eigenvalue weighted by Crippen LogP contribution is 2.25. The lowest BCUT2D eigenvalue weighted by atomic mass is 9.86. The molecule has 1 fully saturated rings. The number of anilines is 1. The predicted octanol–water partition coefficient (Wildman–Crippen LogP) is 4.54. The highest BCUT2D eigenvalue weighted by Gasteiger charge is 2.21. The molecule has 6 heteroatoms. The summed E-state index contributed by atoms with van der Waals surface area (Å²) in [5.41, 5.74) is 2.12. The average molecular weight is 384 g/mol. The van der Waals surface area contributed by atoms with Crippen molar-refractivity contribution < 1.29 is 0 Å². The molecule has 2 N–H and O–H groups in total. The Hall–Kier alpha value is -1.95. The molecule has 0 unspecified atom stereocenters. The molecular formula is C21H29N5S. The highest BCUT2D eigenvalue weighted by molar-refractivity contribution is 7.80. The molecule has 2 aromatic rings. The second-order valence-corrected chi connectivity index (χ2v) is 8.35. The summed E-state index contributed by atoms with van der Waals surface area (Å²) >= 11 is 5.53. The summed E-state index contributed by atoms with van der Waals surface area (Å²) in [6.45, 7) is 3.33. The van der Waals surface area contributed by atoms with E-state index in [0.717, 1.165) is 41.0 Å². The van der Waals surface area contributed by atoms with Crippen LogP contribution in [0.15, 0.2) is 24.3 Å². The largest absolute Gasteiger partial charge is 0.359 e. The molecule has 27 heavy (non-hydrogen) atoms. The van der Waals surface area contributed by atoms with Gasteiger partial charge in [-0.25, -0.2) is 0 Å². The molecule has 4 rings (SSSR count). The smallest absolute Gasteiger partial charge is 0.171 e. The molecule has 1 aliphatic carbocycles. The number of rotatable bonds is 3. The molecule has 2 atom stereocenters. The van der Waals surface area contributed by atoms with Crippen molar-refractivity contribution in [2.24, 2.45) is 5.92 Å². The van der Waals surface area contributed by atoms with Gasteiger partial charge in [-0.2, -0.15) is 0 Å². The zero-order valence-corrected chi connectivity index (χ0v) is 16.9. The molecular weight excluding hydrogens is 354 g/mol. The van der Waals surface area contributed by atoms with E-state index in [1.54, 1.807) is 0 Å². The molecule has 5 nitrogen and oxygen atoms in total. The van der Waals surface area contributed by atoms with Crippen molar-refractivity contribution in [1.29, 1.82) is 0 Å². The van der Waals surface area contributed by atoms with E-state index in [2.05, 4.69) is 56.6 Å². The Morgan fingerprint density at radius 2 is 1.85 bits per heavy atom. The lowest BCUT2D eigenvalue weighted by Gasteiger charge is -2.30. The molecule has 1 saturated carbocycles. The molecule has 0 bridgehead atoms. The molecule has 2 heterocycles. The van der Waals surface area contributed by atoms with E-state index in [1.165, 1.54) is 44.9 Å². The lowest BCUT2D eigenvalue weighted by molar-refractivity contribution is 0.309. The van der Waals surface area contributed by atoms with Crippen LogP contribution in [0.3, 0.4) is 0 Å². The fourth-order valence-corrected chi connectivity index (χ4v) is 4.54. The Bertz CT molecular complexity index is 782. The van der Waals surface area contributed by atoms with Crippen LogP contribution in [0.2, 0.25) is 0 Å². The van der Waals surface area contributed by atoms with Gasteiger partial charge in [0.15, 0.2) is 10.9 Å². The summed E-state index contributed by atoms with van der Waals surface area (Å²) in [5.74, 6) is 2.79. The number of hydrogen-bond donors (Lipinski definition) is 2. The third kappa shape index (κ3) is 4.32. The minimum atomic E-state index is 0.490. The number of aromatic nitrogens is 3. The second-order valence-electron chi connectivity index (χ2n) is 7.95. The molecule has 1 aromatic carbocycles. The maximum absolute atomic E-state index is 5.53. The van der Waals surface area contributed by atoms with E-state index >= 15 is 0 Å². The van der Waals surface area contributed by atoms with Crippen LogP contribution in [-0.4, -0.2) is 25.9 Å². The van der Waals surface area contributed by atoms with Gasteiger partial charge in [-0.3, -0.25) is 0 Å². The van der Waals surface area contributed by atoms with Crippen LogP contribution in [-0.2, 0) is 13.0 Å². The third-order valence-electron chi connectivity index (χ3n) is 5.94. The Morgan fingerprint density at radius 1 is 1.04 bits per heavy atom. The van der Waals surface area contributed by atoms with E-state index in [1.807, 2.05) is 0 Å². The first-order chi connectivity index (χ1) is 13.2. The zero-order chi connectivity index (χ0) is 18.6. The van der Waals surface area contributed by atoms with Crippen molar-refractivity contribution in [2.75, 3.05) is 5.32 Å². The Labute approximate surface area is 167 Å². The maximum Gasteiger partial charge on any atom is 0.171 e. The summed E-state index contributed by atoms with van der Waals surface area (Å²) in [4.78, 5) is 0. The van der Waals surface area contributed by atoms with Gasteiger partial charge in [0.1, 0.15) is 5.82 Å². The van der Waals surface area contributed by atoms with Crippen LogP contribution in [0.25, 0.3) is 11.4 Å². The molecule has 2 aliphatic rings. The van der Waals surface area contributed by atoms with Crippen LogP contribution >= 0.6 is 12.2 Å². The van der Waals surface area contributed by atoms with Crippen molar-refractivity contribution in [2.45, 2.75) is 70.9 Å². The Balaban J connectivity index is 1.40. The predicted molar refractivity (Wildman–Crippen MR) is 114 cm³/mol. The summed E-state index contributed by atoms with van der Waals surface area (Å²) in [5, 5.41) is 16.4. The van der Waals surface area contributed by atoms with Crippen LogP contribution < -0.4 is 10.6 Å². The van der Waals surface area contributed by atoms with E-state index < -0.39 is 0 Å². The van der Waals surface area contributed by atoms with Crippen molar-refractivity contribution in [1.82, 2.24) is 20.1 Å². The van der Waals surface area contributed by atoms with E-state index in [0.29, 0.717) is 12.0 Å². The fraction of sp³-hybridized carbons (Fsp3) is 0.571. The van der Waals surface area contributed by atoms with Crippen LogP contribution in [0.5, 0.6) is 0 Å². The first kappa shape index (κ1) is 18.4. The third-order valence-corrected chi connectivity index (χ3v) is 6.16. The first-order valence-corrected chi connectivity index (χ1v) is 10.7. The number of hydrogen-bond acceptors (Lipinski definition) is 3. The summed E-state index contributed by atoms with van der Waals surface area (Å²) in [6, 6.07) is 8.86. The van der Waals surface area contributed by atoms with Crippen molar-refractivity contribution in [3.8, 4) is 11.4 Å². The van der Waals surface area contributed by atoms with Crippen molar-refractivity contribution in [3.63, 3.8) is 0 Å². The lowest BCUT2D eigenvalue weighted by Crippen LogP contribution is -2.43. The van der Waals surface area contributed by atoms with Gasteiger partial charge in [-0.15, -0.1) is 10.2 Å². The normalized spacial score (nSPS) is 22.6. The van der Waals surface area contributed by atoms with Crippen LogP contribution in [0.1, 0.15) is 57.7 Å². The Kier molecular flexibility index (Phi) is 5.72. The van der Waals surface area contributed by atoms with Gasteiger partial charge >= 0.3 is 0 Å². The molecule has 0 saturated heterocycles. The quantitative estimate of drug-likeness (QED) is 0.762. The van der Waals surface area contributed by atoms with Crippen molar-refractivity contribution in [3.05, 3.63) is 30.1 Å². The number of fused-ring (bicyclic) bond motifs is 1. The van der Waals surface area contributed by atoms with Crippen LogP contribution in [0, 0.1) is 5.92 Å². The fourth-order valence-electron chi connectivity index (χ4n) is 4.27. The van der Waals surface area contributed by atoms with Gasteiger partial charge in [-0.05, 0) is 68.1 Å². The number of aryl methyl sites for hydroxylation is 1.